The summed E-state index contributed by atoms with van der Waals surface area (Å²) in [5.74, 6) is 2.02. The van der Waals surface area contributed by atoms with Crippen molar-refractivity contribution >= 4 is 11.0 Å². The normalized spacial score (nSPS) is 11.1. The van der Waals surface area contributed by atoms with E-state index in [4.69, 9.17) is 19.9 Å². The van der Waals surface area contributed by atoms with Crippen LogP contribution in [0.2, 0.25) is 0 Å². The molecule has 0 unspecified atom stereocenters. The molecule has 5 aromatic carbocycles. The van der Waals surface area contributed by atoms with E-state index in [0.29, 0.717) is 28.9 Å². The summed E-state index contributed by atoms with van der Waals surface area (Å²) in [6.07, 6.45) is 0. The van der Waals surface area contributed by atoms with E-state index < -0.39 is 0 Å². The van der Waals surface area contributed by atoms with Crippen molar-refractivity contribution in [2.75, 3.05) is 0 Å². The van der Waals surface area contributed by atoms with Crippen LogP contribution < -0.4 is 0 Å². The van der Waals surface area contributed by atoms with Gasteiger partial charge in [-0.15, -0.1) is 0 Å². The molecule has 0 aliphatic carbocycles. The van der Waals surface area contributed by atoms with Crippen LogP contribution in [0.15, 0.2) is 133 Å². The number of fused-ring (bicyclic) bond motifs is 1. The maximum atomic E-state index is 14.9. The Hall–Kier alpha value is -5.49. The second-order valence-electron chi connectivity index (χ2n) is 9.32. The van der Waals surface area contributed by atoms with Crippen molar-refractivity contribution in [3.8, 4) is 51.2 Å². The predicted molar refractivity (Wildman–Crippen MR) is 156 cm³/mol. The average Bonchev–Trinajstić information content (AvgIpc) is 3.41. The quantitative estimate of drug-likeness (QED) is 0.231. The summed E-state index contributed by atoms with van der Waals surface area (Å²) < 4.78 is 16.8. The molecule has 7 aromatic rings. The fourth-order valence-corrected chi connectivity index (χ4v) is 4.81. The molecule has 5 nitrogen and oxygen atoms in total. The fraction of sp³-hybridized carbons (Fsp3) is 0. The average molecular weight is 520 g/mol. The highest BCUT2D eigenvalue weighted by molar-refractivity contribution is 5.83. The Labute approximate surface area is 230 Å². The Bertz CT molecular complexity index is 1890. The number of hydrogen-bond acceptors (Lipinski definition) is 4. The lowest BCUT2D eigenvalue weighted by atomic mass is 10.1. The van der Waals surface area contributed by atoms with E-state index in [1.54, 1.807) is 12.1 Å². The highest BCUT2D eigenvalue weighted by Crippen LogP contribution is 2.31. The lowest BCUT2D eigenvalue weighted by molar-refractivity contribution is 0.629. The molecule has 0 aliphatic rings. The lowest BCUT2D eigenvalue weighted by Crippen LogP contribution is -2.01. The number of halogens is 1. The predicted octanol–water partition coefficient (Wildman–Crippen LogP) is 8.02. The molecule has 0 N–H and O–H groups in total. The van der Waals surface area contributed by atoms with Gasteiger partial charge in [0.15, 0.2) is 17.5 Å². The van der Waals surface area contributed by atoms with Crippen molar-refractivity contribution in [1.82, 2.24) is 24.5 Å². The molecule has 0 saturated carbocycles. The minimum Gasteiger partial charge on any atom is -0.292 e. The van der Waals surface area contributed by atoms with E-state index in [2.05, 4.69) is 0 Å². The Balaban J connectivity index is 1.36. The zero-order valence-corrected chi connectivity index (χ0v) is 21.3. The third-order valence-corrected chi connectivity index (χ3v) is 6.76. The Morgan fingerprint density at radius 1 is 0.450 bits per heavy atom. The molecule has 0 bridgehead atoms. The van der Waals surface area contributed by atoms with Crippen molar-refractivity contribution < 1.29 is 4.39 Å². The van der Waals surface area contributed by atoms with E-state index in [0.717, 1.165) is 33.4 Å². The zero-order chi connectivity index (χ0) is 26.9. The van der Waals surface area contributed by atoms with Crippen LogP contribution in [-0.4, -0.2) is 24.5 Å². The van der Waals surface area contributed by atoms with Crippen LogP contribution in [0.3, 0.4) is 0 Å². The first-order valence-electron chi connectivity index (χ1n) is 12.9. The zero-order valence-electron chi connectivity index (χ0n) is 21.3. The summed E-state index contributed by atoms with van der Waals surface area (Å²) >= 11 is 0. The summed E-state index contributed by atoms with van der Waals surface area (Å²) in [4.78, 5) is 19.2. The van der Waals surface area contributed by atoms with Crippen LogP contribution >= 0.6 is 0 Å². The van der Waals surface area contributed by atoms with E-state index in [-0.39, 0.29) is 5.82 Å². The first kappa shape index (κ1) is 23.6. The molecule has 0 atom stereocenters. The van der Waals surface area contributed by atoms with Gasteiger partial charge in [-0.05, 0) is 48.5 Å². The van der Waals surface area contributed by atoms with Gasteiger partial charge in [-0.2, -0.15) is 0 Å². The molecule has 40 heavy (non-hydrogen) atoms. The number of rotatable bonds is 5. The molecule has 190 valence electrons. The van der Waals surface area contributed by atoms with Gasteiger partial charge in [0.2, 0.25) is 0 Å². The van der Waals surface area contributed by atoms with Crippen molar-refractivity contribution in [3.05, 3.63) is 139 Å². The van der Waals surface area contributed by atoms with E-state index >= 15 is 0 Å². The molecule has 0 amide bonds. The number of benzene rings is 5. The second-order valence-corrected chi connectivity index (χ2v) is 9.32. The summed E-state index contributed by atoms with van der Waals surface area (Å²) in [5.41, 5.74) is 5.67. The topological polar surface area (TPSA) is 56.5 Å². The standard InChI is InChI=1S/C34H22FN5/c35-28-16-8-7-15-27(28)34-36-29-17-9-10-18-30(29)40(34)26-21-19-25(20-22-26)33-38-31(23-11-3-1-4-12-23)37-32(39-33)24-13-5-2-6-14-24/h1-22H. The minimum absolute atomic E-state index is 0.317. The van der Waals surface area contributed by atoms with Gasteiger partial charge < -0.3 is 0 Å². The maximum Gasteiger partial charge on any atom is 0.164 e. The molecule has 0 radical (unpaired) electrons. The summed E-state index contributed by atoms with van der Waals surface area (Å²) in [5, 5.41) is 0. The largest absolute Gasteiger partial charge is 0.292 e. The molecular formula is C34H22FN5. The minimum atomic E-state index is -0.317. The number of para-hydroxylation sites is 2. The lowest BCUT2D eigenvalue weighted by Gasteiger charge is -2.12. The van der Waals surface area contributed by atoms with Crippen LogP contribution in [0.1, 0.15) is 0 Å². The number of hydrogen-bond donors (Lipinski definition) is 0. The van der Waals surface area contributed by atoms with Crippen molar-refractivity contribution in [2.24, 2.45) is 0 Å². The van der Waals surface area contributed by atoms with Gasteiger partial charge in [0.1, 0.15) is 11.6 Å². The highest BCUT2D eigenvalue weighted by Gasteiger charge is 2.18. The van der Waals surface area contributed by atoms with Crippen LogP contribution in [0.25, 0.3) is 62.3 Å². The van der Waals surface area contributed by atoms with Gasteiger partial charge in [-0.25, -0.2) is 24.3 Å². The summed E-state index contributed by atoms with van der Waals surface area (Å²) in [6.45, 7) is 0. The van der Waals surface area contributed by atoms with Gasteiger partial charge in [-0.3, -0.25) is 4.57 Å². The number of aromatic nitrogens is 5. The van der Waals surface area contributed by atoms with Gasteiger partial charge >= 0.3 is 0 Å². The monoisotopic (exact) mass is 519 g/mol. The van der Waals surface area contributed by atoms with Gasteiger partial charge in [0.25, 0.3) is 0 Å². The second kappa shape index (κ2) is 10.0. The maximum absolute atomic E-state index is 14.9. The van der Waals surface area contributed by atoms with Crippen molar-refractivity contribution in [1.29, 1.82) is 0 Å². The molecule has 7 rings (SSSR count). The molecule has 2 aromatic heterocycles. The first-order chi connectivity index (χ1) is 19.7. The Morgan fingerprint density at radius 3 is 1.55 bits per heavy atom. The van der Waals surface area contributed by atoms with Gasteiger partial charge in [0, 0.05) is 22.4 Å². The number of nitrogens with zero attached hydrogens (tertiary/aromatic N) is 5. The Kier molecular flexibility index (Phi) is 5.90. The van der Waals surface area contributed by atoms with E-state index in [9.17, 15) is 4.39 Å². The third kappa shape index (κ3) is 4.31. The van der Waals surface area contributed by atoms with Gasteiger partial charge in [0.05, 0.1) is 16.6 Å². The van der Waals surface area contributed by atoms with Gasteiger partial charge in [-0.1, -0.05) is 84.9 Å². The highest BCUT2D eigenvalue weighted by atomic mass is 19.1. The molecule has 2 heterocycles. The van der Waals surface area contributed by atoms with E-state index in [1.165, 1.54) is 6.07 Å². The van der Waals surface area contributed by atoms with Crippen LogP contribution in [0.4, 0.5) is 4.39 Å². The van der Waals surface area contributed by atoms with Crippen LogP contribution in [0, 0.1) is 5.82 Å². The number of imidazole rings is 1. The smallest absolute Gasteiger partial charge is 0.164 e. The molecule has 0 saturated heterocycles. The summed E-state index contributed by atoms with van der Waals surface area (Å²) in [7, 11) is 0. The third-order valence-electron chi connectivity index (χ3n) is 6.76. The molecule has 6 heteroatoms. The first-order valence-corrected chi connectivity index (χ1v) is 12.9. The summed E-state index contributed by atoms with van der Waals surface area (Å²) in [6, 6.07) is 42.3. The van der Waals surface area contributed by atoms with Crippen molar-refractivity contribution in [3.63, 3.8) is 0 Å². The molecule has 0 aliphatic heterocycles. The SMILES string of the molecule is Fc1ccccc1-c1nc2ccccc2n1-c1ccc(-c2nc(-c3ccccc3)nc(-c3ccccc3)n2)cc1. The molecular weight excluding hydrogens is 497 g/mol. The van der Waals surface area contributed by atoms with Crippen molar-refractivity contribution in [2.45, 2.75) is 0 Å². The van der Waals surface area contributed by atoms with E-state index in [1.807, 2.05) is 120 Å². The molecule has 0 spiro atoms. The van der Waals surface area contributed by atoms with Crippen LogP contribution in [0.5, 0.6) is 0 Å². The fourth-order valence-electron chi connectivity index (χ4n) is 4.81. The molecule has 0 fully saturated rings. The Morgan fingerprint density at radius 2 is 0.950 bits per heavy atom. The van der Waals surface area contributed by atoms with Crippen LogP contribution in [-0.2, 0) is 0 Å².